The molecule has 0 aromatic heterocycles. The van der Waals surface area contributed by atoms with E-state index < -0.39 is 0 Å². The van der Waals surface area contributed by atoms with E-state index in [0.29, 0.717) is 0 Å². The summed E-state index contributed by atoms with van der Waals surface area (Å²) < 4.78 is 5.07. The van der Waals surface area contributed by atoms with Crippen molar-refractivity contribution in [2.75, 3.05) is 20.2 Å². The Morgan fingerprint density at radius 1 is 1.08 bits per heavy atom. The van der Waals surface area contributed by atoms with Crippen molar-refractivity contribution >= 4 is 18.3 Å². The summed E-state index contributed by atoms with van der Waals surface area (Å²) in [5, 5.41) is 7.88. The number of hydrogen-bond acceptors (Lipinski definition) is 3. The topological polar surface area (TPSA) is 36.3 Å². The molecule has 1 heterocycles. The minimum atomic E-state index is 0. The maximum absolute atomic E-state index is 7.88. The standard InChI is InChI=1S/C21H26N2O.ClH/c1-21(19-10-6-9-18(15-19)20(22)24-2)11-13-23(14-12-21)16-17-7-4-3-5-8-17;/h3-10,15,22H,11-14,16H2,1-2H3;1H. The van der Waals surface area contributed by atoms with Gasteiger partial charge in [-0.2, -0.15) is 0 Å². The van der Waals surface area contributed by atoms with Gasteiger partial charge in [-0.3, -0.25) is 10.3 Å². The van der Waals surface area contributed by atoms with E-state index in [1.165, 1.54) is 11.1 Å². The van der Waals surface area contributed by atoms with Crippen molar-refractivity contribution in [3.8, 4) is 0 Å². The van der Waals surface area contributed by atoms with E-state index in [-0.39, 0.29) is 23.7 Å². The fraction of sp³-hybridized carbons (Fsp3) is 0.381. The third-order valence-corrected chi connectivity index (χ3v) is 5.23. The van der Waals surface area contributed by atoms with E-state index in [1.807, 2.05) is 12.1 Å². The number of rotatable bonds is 4. The maximum Gasteiger partial charge on any atom is 0.212 e. The van der Waals surface area contributed by atoms with Crippen LogP contribution in [-0.2, 0) is 16.7 Å². The number of piperidine rings is 1. The molecular formula is C21H27ClN2O. The van der Waals surface area contributed by atoms with Gasteiger partial charge < -0.3 is 4.74 Å². The van der Waals surface area contributed by atoms with E-state index in [2.05, 4.69) is 54.3 Å². The molecule has 4 heteroatoms. The number of nitrogens with one attached hydrogen (secondary N) is 1. The molecule has 2 aromatic carbocycles. The van der Waals surface area contributed by atoms with Crippen LogP contribution in [0.25, 0.3) is 0 Å². The highest BCUT2D eigenvalue weighted by molar-refractivity contribution is 5.91. The van der Waals surface area contributed by atoms with Crippen LogP contribution in [0.1, 0.15) is 36.5 Å². The lowest BCUT2D eigenvalue weighted by Gasteiger charge is -2.40. The molecule has 2 aromatic rings. The van der Waals surface area contributed by atoms with Crippen molar-refractivity contribution in [2.45, 2.75) is 31.7 Å². The minimum absolute atomic E-state index is 0. The molecule has 0 aliphatic carbocycles. The number of halogens is 1. The van der Waals surface area contributed by atoms with E-state index >= 15 is 0 Å². The van der Waals surface area contributed by atoms with Crippen molar-refractivity contribution in [3.05, 3.63) is 71.3 Å². The number of benzene rings is 2. The molecule has 0 unspecified atom stereocenters. The molecule has 1 N–H and O–H groups in total. The van der Waals surface area contributed by atoms with Crippen LogP contribution in [0.2, 0.25) is 0 Å². The maximum atomic E-state index is 7.88. The van der Waals surface area contributed by atoms with Crippen molar-refractivity contribution in [3.63, 3.8) is 0 Å². The third kappa shape index (κ3) is 4.62. The van der Waals surface area contributed by atoms with Gasteiger partial charge in [-0.1, -0.05) is 49.4 Å². The molecule has 3 nitrogen and oxygen atoms in total. The fourth-order valence-corrected chi connectivity index (χ4v) is 3.49. The molecule has 1 saturated heterocycles. The van der Waals surface area contributed by atoms with Gasteiger partial charge in [0.25, 0.3) is 0 Å². The van der Waals surface area contributed by atoms with Gasteiger partial charge in [0.05, 0.1) is 7.11 Å². The summed E-state index contributed by atoms with van der Waals surface area (Å²) in [6.45, 7) is 5.60. The van der Waals surface area contributed by atoms with Gasteiger partial charge in [0.1, 0.15) is 0 Å². The summed E-state index contributed by atoms with van der Waals surface area (Å²) in [5.74, 6) is 0.238. The van der Waals surface area contributed by atoms with Gasteiger partial charge in [-0.15, -0.1) is 12.4 Å². The Morgan fingerprint density at radius 3 is 2.40 bits per heavy atom. The Hall–Kier alpha value is -1.84. The highest BCUT2D eigenvalue weighted by atomic mass is 35.5. The van der Waals surface area contributed by atoms with Gasteiger partial charge in [0.2, 0.25) is 5.90 Å². The van der Waals surface area contributed by atoms with Crippen molar-refractivity contribution < 1.29 is 4.74 Å². The molecule has 0 spiro atoms. The van der Waals surface area contributed by atoms with Crippen LogP contribution in [0.4, 0.5) is 0 Å². The van der Waals surface area contributed by atoms with Gasteiger partial charge in [0, 0.05) is 12.1 Å². The second-order valence-corrected chi connectivity index (χ2v) is 6.94. The zero-order chi connectivity index (χ0) is 17.0. The molecule has 3 rings (SSSR count). The lowest BCUT2D eigenvalue weighted by atomic mass is 9.74. The van der Waals surface area contributed by atoms with Crippen LogP contribution in [0.5, 0.6) is 0 Å². The summed E-state index contributed by atoms with van der Waals surface area (Å²) in [4.78, 5) is 2.54. The normalized spacial score (nSPS) is 16.7. The first kappa shape index (κ1) is 19.5. The van der Waals surface area contributed by atoms with Gasteiger partial charge in [-0.05, 0) is 54.6 Å². The number of ether oxygens (including phenoxy) is 1. The van der Waals surface area contributed by atoms with Crippen LogP contribution in [0.3, 0.4) is 0 Å². The summed E-state index contributed by atoms with van der Waals surface area (Å²) in [6.07, 6.45) is 2.28. The Labute approximate surface area is 156 Å². The van der Waals surface area contributed by atoms with Gasteiger partial charge in [0.15, 0.2) is 0 Å². The Kier molecular flexibility index (Phi) is 6.63. The molecule has 0 radical (unpaired) electrons. The summed E-state index contributed by atoms with van der Waals surface area (Å²) in [7, 11) is 1.55. The Bertz CT molecular complexity index is 694. The average Bonchev–Trinajstić information content (AvgIpc) is 2.64. The molecule has 1 aliphatic rings. The third-order valence-electron chi connectivity index (χ3n) is 5.23. The molecule has 1 aliphatic heterocycles. The second-order valence-electron chi connectivity index (χ2n) is 6.94. The van der Waals surface area contributed by atoms with Gasteiger partial charge >= 0.3 is 0 Å². The second kappa shape index (κ2) is 8.50. The molecule has 1 fully saturated rings. The molecule has 0 bridgehead atoms. The Morgan fingerprint density at radius 2 is 1.76 bits per heavy atom. The minimum Gasteiger partial charge on any atom is -0.481 e. The number of methoxy groups -OCH3 is 1. The first-order valence-electron chi connectivity index (χ1n) is 8.60. The number of nitrogens with zero attached hydrogens (tertiary/aromatic N) is 1. The number of hydrogen-bond donors (Lipinski definition) is 1. The van der Waals surface area contributed by atoms with Crippen molar-refractivity contribution in [1.82, 2.24) is 4.90 Å². The number of likely N-dealkylation sites (tertiary alicyclic amines) is 1. The van der Waals surface area contributed by atoms with Crippen LogP contribution < -0.4 is 0 Å². The predicted molar refractivity (Wildman–Crippen MR) is 106 cm³/mol. The molecule has 0 atom stereocenters. The van der Waals surface area contributed by atoms with Crippen LogP contribution in [0.15, 0.2) is 54.6 Å². The van der Waals surface area contributed by atoms with E-state index in [0.717, 1.165) is 38.0 Å². The first-order chi connectivity index (χ1) is 11.6. The lowest BCUT2D eigenvalue weighted by Crippen LogP contribution is -2.40. The first-order valence-corrected chi connectivity index (χ1v) is 8.60. The van der Waals surface area contributed by atoms with E-state index in [4.69, 9.17) is 10.1 Å². The van der Waals surface area contributed by atoms with Crippen LogP contribution >= 0.6 is 12.4 Å². The SMILES string of the molecule is COC(=N)c1cccc(C2(C)CCN(Cc3ccccc3)CC2)c1.Cl. The molecule has 25 heavy (non-hydrogen) atoms. The highest BCUT2D eigenvalue weighted by Gasteiger charge is 2.31. The van der Waals surface area contributed by atoms with E-state index in [9.17, 15) is 0 Å². The molecule has 0 saturated carbocycles. The van der Waals surface area contributed by atoms with Crippen molar-refractivity contribution in [2.24, 2.45) is 0 Å². The molecule has 134 valence electrons. The highest BCUT2D eigenvalue weighted by Crippen LogP contribution is 2.35. The summed E-state index contributed by atoms with van der Waals surface area (Å²) >= 11 is 0. The average molecular weight is 359 g/mol. The Balaban J connectivity index is 0.00000225. The van der Waals surface area contributed by atoms with E-state index in [1.54, 1.807) is 7.11 Å². The largest absolute Gasteiger partial charge is 0.481 e. The van der Waals surface area contributed by atoms with Crippen LogP contribution in [-0.4, -0.2) is 31.0 Å². The van der Waals surface area contributed by atoms with Crippen LogP contribution in [0, 0.1) is 5.41 Å². The lowest BCUT2D eigenvalue weighted by molar-refractivity contribution is 0.162. The zero-order valence-corrected chi connectivity index (χ0v) is 15.8. The van der Waals surface area contributed by atoms with Gasteiger partial charge in [-0.25, -0.2) is 0 Å². The zero-order valence-electron chi connectivity index (χ0n) is 15.0. The summed E-state index contributed by atoms with van der Waals surface area (Å²) in [6, 6.07) is 19.0. The van der Waals surface area contributed by atoms with Crippen molar-refractivity contribution in [1.29, 1.82) is 5.41 Å². The summed E-state index contributed by atoms with van der Waals surface area (Å²) in [5.41, 5.74) is 3.75. The predicted octanol–water partition coefficient (Wildman–Crippen LogP) is 4.63. The quantitative estimate of drug-likeness (QED) is 0.638. The fourth-order valence-electron chi connectivity index (χ4n) is 3.49. The monoisotopic (exact) mass is 358 g/mol. The molecule has 0 amide bonds. The smallest absolute Gasteiger partial charge is 0.212 e. The molecular weight excluding hydrogens is 332 g/mol.